The molecule has 0 aliphatic heterocycles. The van der Waals surface area contributed by atoms with Crippen molar-refractivity contribution in [3.8, 4) is 17.2 Å². The Balaban J connectivity index is 1.64. The summed E-state index contributed by atoms with van der Waals surface area (Å²) in [5.74, 6) is -0.718. The molecule has 0 unspecified atom stereocenters. The lowest BCUT2D eigenvalue weighted by Gasteiger charge is -2.15. The van der Waals surface area contributed by atoms with Gasteiger partial charge in [-0.05, 0) is 58.0 Å². The van der Waals surface area contributed by atoms with Gasteiger partial charge in [0.15, 0.2) is 6.29 Å². The molecule has 7 nitrogen and oxygen atoms in total. The third kappa shape index (κ3) is 6.57. The van der Waals surface area contributed by atoms with Gasteiger partial charge >= 0.3 is 11.9 Å². The van der Waals surface area contributed by atoms with Gasteiger partial charge in [0.2, 0.25) is 0 Å². The Hall–Kier alpha value is -4.18. The Morgan fingerprint density at radius 1 is 0.763 bits per heavy atom. The van der Waals surface area contributed by atoms with E-state index in [-0.39, 0.29) is 41.4 Å². The summed E-state index contributed by atoms with van der Waals surface area (Å²) in [7, 11) is 1.40. The fourth-order valence-electron chi connectivity index (χ4n) is 3.59. The third-order valence-corrected chi connectivity index (χ3v) is 6.58. The molecule has 0 spiro atoms. The molecule has 0 heterocycles. The lowest BCUT2D eigenvalue weighted by Crippen LogP contribution is -2.14. The number of carbonyl (C=O) groups excluding carboxylic acids is 3. The highest BCUT2D eigenvalue weighted by atomic mass is 127. The maximum absolute atomic E-state index is 13.1. The van der Waals surface area contributed by atoms with Crippen molar-refractivity contribution in [3.05, 3.63) is 122 Å². The van der Waals surface area contributed by atoms with E-state index in [4.69, 9.17) is 18.9 Å². The van der Waals surface area contributed by atoms with E-state index in [0.717, 1.165) is 11.1 Å². The van der Waals surface area contributed by atoms with Crippen molar-refractivity contribution in [3.63, 3.8) is 0 Å². The van der Waals surface area contributed by atoms with Crippen molar-refractivity contribution >= 4 is 40.8 Å². The number of aldehydes is 1. The predicted molar refractivity (Wildman–Crippen MR) is 149 cm³/mol. The summed E-state index contributed by atoms with van der Waals surface area (Å²) in [6.45, 7) is 0.311. The number of hydrogen-bond donors (Lipinski definition) is 0. The maximum atomic E-state index is 13.1. The number of ether oxygens (including phenoxy) is 4. The molecule has 0 radical (unpaired) electrons. The Bertz CT molecular complexity index is 1440. The maximum Gasteiger partial charge on any atom is 0.344 e. The Labute approximate surface area is 233 Å². The first kappa shape index (κ1) is 26.9. The highest BCUT2D eigenvalue weighted by Gasteiger charge is 2.22. The normalized spacial score (nSPS) is 10.4. The largest absolute Gasteiger partial charge is 0.496 e. The zero-order chi connectivity index (χ0) is 26.9. The summed E-state index contributed by atoms with van der Waals surface area (Å²) in [5.41, 5.74) is 1.99. The second-order valence-electron chi connectivity index (χ2n) is 8.05. The van der Waals surface area contributed by atoms with Crippen LogP contribution < -0.4 is 14.2 Å². The first-order valence-corrected chi connectivity index (χ1v) is 12.6. The Kier molecular flexibility index (Phi) is 9.10. The van der Waals surface area contributed by atoms with Crippen molar-refractivity contribution in [2.45, 2.75) is 13.2 Å². The topological polar surface area (TPSA) is 88.1 Å². The molecule has 0 saturated carbocycles. The van der Waals surface area contributed by atoms with Crippen molar-refractivity contribution < 1.29 is 33.3 Å². The van der Waals surface area contributed by atoms with Crippen LogP contribution in [0.2, 0.25) is 0 Å². The standard InChI is InChI=1S/C30H23IO7/c1-35-25-14-8-13-23(24(25)17-32)30(34)38-27-16-22(29(33)37-19-21-11-6-3-7-12-21)15-26(28(27)31)36-18-20-9-4-2-5-10-20/h2-17H,18-19H2,1H3. The fraction of sp³-hybridized carbons (Fsp3) is 0.100. The van der Waals surface area contributed by atoms with E-state index in [9.17, 15) is 14.4 Å². The van der Waals surface area contributed by atoms with Gasteiger partial charge in [-0.15, -0.1) is 0 Å². The van der Waals surface area contributed by atoms with E-state index in [1.54, 1.807) is 18.2 Å². The quantitative estimate of drug-likeness (QED) is 0.0893. The first-order chi connectivity index (χ1) is 18.5. The average molecular weight is 622 g/mol. The van der Waals surface area contributed by atoms with E-state index in [2.05, 4.69) is 0 Å². The molecular formula is C30H23IO7. The molecule has 0 aliphatic carbocycles. The van der Waals surface area contributed by atoms with Gasteiger partial charge in [-0.1, -0.05) is 66.7 Å². The highest BCUT2D eigenvalue weighted by Crippen LogP contribution is 2.34. The molecule has 4 aromatic carbocycles. The molecule has 0 saturated heterocycles. The number of rotatable bonds is 10. The van der Waals surface area contributed by atoms with E-state index < -0.39 is 11.9 Å². The third-order valence-electron chi connectivity index (χ3n) is 5.52. The molecule has 0 amide bonds. The highest BCUT2D eigenvalue weighted by molar-refractivity contribution is 14.1. The monoisotopic (exact) mass is 622 g/mol. The number of methoxy groups -OCH3 is 1. The lowest BCUT2D eigenvalue weighted by molar-refractivity contribution is 0.0470. The van der Waals surface area contributed by atoms with Crippen molar-refractivity contribution in [2.24, 2.45) is 0 Å². The molecule has 8 heteroatoms. The molecular weight excluding hydrogens is 599 g/mol. The van der Waals surface area contributed by atoms with Crippen LogP contribution in [0.25, 0.3) is 0 Å². The molecule has 0 fully saturated rings. The van der Waals surface area contributed by atoms with Gasteiger partial charge in [-0.2, -0.15) is 0 Å². The van der Waals surface area contributed by atoms with Crippen LogP contribution >= 0.6 is 22.6 Å². The van der Waals surface area contributed by atoms with Gasteiger partial charge in [0, 0.05) is 0 Å². The van der Waals surface area contributed by atoms with Gasteiger partial charge in [0.1, 0.15) is 30.5 Å². The minimum absolute atomic E-state index is 0.0268. The average Bonchev–Trinajstić information content (AvgIpc) is 2.96. The molecule has 0 bridgehead atoms. The van der Waals surface area contributed by atoms with Gasteiger partial charge < -0.3 is 18.9 Å². The molecule has 0 aromatic heterocycles. The van der Waals surface area contributed by atoms with Gasteiger partial charge in [-0.3, -0.25) is 4.79 Å². The Morgan fingerprint density at radius 3 is 2.03 bits per heavy atom. The van der Waals surface area contributed by atoms with Crippen molar-refractivity contribution in [1.82, 2.24) is 0 Å². The van der Waals surface area contributed by atoms with E-state index in [1.165, 1.54) is 19.2 Å². The number of esters is 2. The van der Waals surface area contributed by atoms with Crippen LogP contribution in [0.15, 0.2) is 91.0 Å². The van der Waals surface area contributed by atoms with Gasteiger partial charge in [0.25, 0.3) is 0 Å². The van der Waals surface area contributed by atoms with Gasteiger partial charge in [0.05, 0.1) is 27.4 Å². The van der Waals surface area contributed by atoms with E-state index in [0.29, 0.717) is 15.6 Å². The SMILES string of the molecule is COc1cccc(C(=O)Oc2cc(C(=O)OCc3ccccc3)cc(OCc3ccccc3)c2I)c1C=O. The second kappa shape index (κ2) is 12.9. The molecule has 0 aliphatic rings. The zero-order valence-electron chi connectivity index (χ0n) is 20.4. The van der Waals surface area contributed by atoms with Crippen LogP contribution in [-0.2, 0) is 18.0 Å². The van der Waals surface area contributed by atoms with Crippen LogP contribution in [0.5, 0.6) is 17.2 Å². The summed E-state index contributed by atoms with van der Waals surface area (Å²) in [4.78, 5) is 37.7. The van der Waals surface area contributed by atoms with Crippen LogP contribution in [0.4, 0.5) is 0 Å². The van der Waals surface area contributed by atoms with Gasteiger partial charge in [-0.25, -0.2) is 9.59 Å². The van der Waals surface area contributed by atoms with Crippen LogP contribution in [-0.4, -0.2) is 25.3 Å². The van der Waals surface area contributed by atoms with Crippen molar-refractivity contribution in [2.75, 3.05) is 7.11 Å². The molecule has 4 aromatic rings. The van der Waals surface area contributed by atoms with Crippen LogP contribution in [0.1, 0.15) is 42.2 Å². The van der Waals surface area contributed by atoms with Crippen molar-refractivity contribution in [1.29, 1.82) is 0 Å². The molecule has 0 N–H and O–H groups in total. The first-order valence-electron chi connectivity index (χ1n) is 11.6. The van der Waals surface area contributed by atoms with E-state index >= 15 is 0 Å². The predicted octanol–water partition coefficient (Wildman–Crippen LogP) is 6.27. The summed E-state index contributed by atoms with van der Waals surface area (Å²) >= 11 is 1.99. The zero-order valence-corrected chi connectivity index (χ0v) is 22.5. The molecule has 192 valence electrons. The second-order valence-corrected chi connectivity index (χ2v) is 9.13. The summed E-state index contributed by atoms with van der Waals surface area (Å²) in [6.07, 6.45) is 0.534. The molecule has 0 atom stereocenters. The number of carbonyl (C=O) groups is 3. The van der Waals surface area contributed by atoms with E-state index in [1.807, 2.05) is 83.3 Å². The van der Waals surface area contributed by atoms with Crippen LogP contribution in [0.3, 0.4) is 0 Å². The summed E-state index contributed by atoms with van der Waals surface area (Å²) in [6, 6.07) is 26.4. The number of benzene rings is 4. The molecule has 38 heavy (non-hydrogen) atoms. The summed E-state index contributed by atoms with van der Waals surface area (Å²) in [5, 5.41) is 0. The minimum Gasteiger partial charge on any atom is -0.496 e. The lowest BCUT2D eigenvalue weighted by atomic mass is 10.1. The fourth-order valence-corrected chi connectivity index (χ4v) is 4.16. The van der Waals surface area contributed by atoms with Crippen LogP contribution in [0, 0.1) is 3.57 Å². The molecule has 4 rings (SSSR count). The Morgan fingerprint density at radius 2 is 1.39 bits per heavy atom. The minimum atomic E-state index is -0.785. The smallest absolute Gasteiger partial charge is 0.344 e. The summed E-state index contributed by atoms with van der Waals surface area (Å²) < 4.78 is 22.8. The number of hydrogen-bond acceptors (Lipinski definition) is 7. The number of halogens is 1.